The summed E-state index contributed by atoms with van der Waals surface area (Å²) in [4.78, 5) is 4.36. The lowest BCUT2D eigenvalue weighted by Gasteiger charge is -2.07. The lowest BCUT2D eigenvalue weighted by molar-refractivity contribution is 0.278. The van der Waals surface area contributed by atoms with Crippen molar-refractivity contribution in [2.24, 2.45) is 4.99 Å². The molecule has 0 radical (unpaired) electrons. The molecule has 0 fully saturated rings. The van der Waals surface area contributed by atoms with Gasteiger partial charge in [0.1, 0.15) is 6.61 Å². The van der Waals surface area contributed by atoms with Crippen LogP contribution in [0, 0.1) is 11.3 Å². The van der Waals surface area contributed by atoms with Crippen LogP contribution >= 0.6 is 0 Å². The topological polar surface area (TPSA) is 45.4 Å². The Morgan fingerprint density at radius 3 is 2.92 bits per heavy atom. The van der Waals surface area contributed by atoms with Gasteiger partial charge in [-0.25, -0.2) is 4.99 Å². The van der Waals surface area contributed by atoms with E-state index in [1.165, 1.54) is 0 Å². The molecule has 0 saturated carbocycles. The summed E-state index contributed by atoms with van der Waals surface area (Å²) in [5.74, 6) is 0.625. The number of hydrogen-bond acceptors (Lipinski definition) is 3. The van der Waals surface area contributed by atoms with Gasteiger partial charge in [0.2, 0.25) is 5.90 Å². The Morgan fingerprint density at radius 2 is 2.46 bits per heavy atom. The van der Waals surface area contributed by atoms with E-state index < -0.39 is 0 Å². The van der Waals surface area contributed by atoms with Crippen LogP contribution in [0.5, 0.6) is 0 Å². The molecule has 3 heteroatoms. The highest BCUT2D eigenvalue weighted by Gasteiger charge is 2.27. The van der Waals surface area contributed by atoms with Crippen molar-refractivity contribution in [3.8, 4) is 6.07 Å². The molecule has 1 heterocycles. The Bertz CT molecular complexity index is 284. The maximum atomic E-state index is 8.39. The zero-order valence-corrected chi connectivity index (χ0v) is 8.13. The van der Waals surface area contributed by atoms with E-state index in [2.05, 4.69) is 17.6 Å². The SMILES string of the molecule is C=C(CCC#N)C1=NC(C)(C)CO1. The van der Waals surface area contributed by atoms with E-state index in [4.69, 9.17) is 10.00 Å². The van der Waals surface area contributed by atoms with Crippen LogP contribution < -0.4 is 0 Å². The summed E-state index contributed by atoms with van der Waals surface area (Å²) < 4.78 is 5.37. The van der Waals surface area contributed by atoms with E-state index in [1.807, 2.05) is 13.8 Å². The molecule has 13 heavy (non-hydrogen) atoms. The van der Waals surface area contributed by atoms with Crippen molar-refractivity contribution in [3.05, 3.63) is 12.2 Å². The predicted molar refractivity (Wildman–Crippen MR) is 51.5 cm³/mol. The lowest BCUT2D eigenvalue weighted by Crippen LogP contribution is -2.17. The second-order valence-corrected chi connectivity index (χ2v) is 3.78. The summed E-state index contributed by atoms with van der Waals surface area (Å²) in [6.07, 6.45) is 1.12. The smallest absolute Gasteiger partial charge is 0.212 e. The molecule has 0 aromatic carbocycles. The van der Waals surface area contributed by atoms with Gasteiger partial charge in [-0.15, -0.1) is 0 Å². The van der Waals surface area contributed by atoms with Gasteiger partial charge in [-0.3, -0.25) is 0 Å². The fraction of sp³-hybridized carbons (Fsp3) is 0.600. The van der Waals surface area contributed by atoms with Gasteiger partial charge in [0.15, 0.2) is 0 Å². The normalized spacial score (nSPS) is 18.7. The summed E-state index contributed by atoms with van der Waals surface area (Å²) >= 11 is 0. The number of nitrogens with zero attached hydrogens (tertiary/aromatic N) is 2. The second kappa shape index (κ2) is 3.61. The zero-order valence-electron chi connectivity index (χ0n) is 8.13. The highest BCUT2D eigenvalue weighted by molar-refractivity contribution is 5.94. The van der Waals surface area contributed by atoms with E-state index in [1.54, 1.807) is 0 Å². The number of hydrogen-bond donors (Lipinski definition) is 0. The minimum atomic E-state index is -0.134. The van der Waals surface area contributed by atoms with Crippen LogP contribution in [-0.4, -0.2) is 18.0 Å². The van der Waals surface area contributed by atoms with Crippen molar-refractivity contribution in [3.63, 3.8) is 0 Å². The van der Waals surface area contributed by atoms with Crippen molar-refractivity contribution < 1.29 is 4.74 Å². The molecule has 0 spiro atoms. The summed E-state index contributed by atoms with van der Waals surface area (Å²) in [5.41, 5.74) is 0.692. The van der Waals surface area contributed by atoms with E-state index >= 15 is 0 Å². The number of nitriles is 1. The zero-order chi connectivity index (χ0) is 9.90. The Kier molecular flexibility index (Phi) is 2.72. The Hall–Kier alpha value is -1.30. The van der Waals surface area contributed by atoms with Crippen molar-refractivity contribution in [1.29, 1.82) is 5.26 Å². The third kappa shape index (κ3) is 2.59. The maximum absolute atomic E-state index is 8.39. The van der Waals surface area contributed by atoms with Crippen molar-refractivity contribution in [2.45, 2.75) is 32.2 Å². The van der Waals surface area contributed by atoms with Crippen LogP contribution in [0.1, 0.15) is 26.7 Å². The number of aliphatic imine (C=N–C) groups is 1. The van der Waals surface area contributed by atoms with Gasteiger partial charge in [0, 0.05) is 12.0 Å². The quantitative estimate of drug-likeness (QED) is 0.664. The van der Waals surface area contributed by atoms with Gasteiger partial charge in [0.25, 0.3) is 0 Å². The first kappa shape index (κ1) is 9.79. The Balaban J connectivity index is 2.55. The number of ether oxygens (including phenoxy) is 1. The average molecular weight is 178 g/mol. The molecule has 0 unspecified atom stereocenters. The van der Waals surface area contributed by atoms with E-state index in [-0.39, 0.29) is 5.54 Å². The molecule has 3 nitrogen and oxygen atoms in total. The molecular weight excluding hydrogens is 164 g/mol. The Morgan fingerprint density at radius 1 is 1.77 bits per heavy atom. The van der Waals surface area contributed by atoms with E-state index in [0.29, 0.717) is 25.3 Å². The predicted octanol–water partition coefficient (Wildman–Crippen LogP) is 2.05. The van der Waals surface area contributed by atoms with E-state index in [0.717, 1.165) is 5.57 Å². The first-order valence-corrected chi connectivity index (χ1v) is 4.33. The molecule has 0 bridgehead atoms. The van der Waals surface area contributed by atoms with Gasteiger partial charge in [-0.05, 0) is 20.3 Å². The fourth-order valence-electron chi connectivity index (χ4n) is 1.08. The first-order chi connectivity index (χ1) is 6.05. The first-order valence-electron chi connectivity index (χ1n) is 4.33. The standard InChI is InChI=1S/C10H14N2O/c1-8(5-4-6-11)9-12-10(2,3)7-13-9/h1,4-5,7H2,2-3H3. The van der Waals surface area contributed by atoms with Crippen LogP contribution in [0.15, 0.2) is 17.1 Å². The number of rotatable bonds is 3. The molecule has 0 aromatic heterocycles. The van der Waals surface area contributed by atoms with E-state index in [9.17, 15) is 0 Å². The van der Waals surface area contributed by atoms with Crippen LogP contribution in [0.4, 0.5) is 0 Å². The molecule has 0 N–H and O–H groups in total. The largest absolute Gasteiger partial charge is 0.475 e. The van der Waals surface area contributed by atoms with Crippen LogP contribution in [0.3, 0.4) is 0 Å². The van der Waals surface area contributed by atoms with Gasteiger partial charge >= 0.3 is 0 Å². The van der Waals surface area contributed by atoms with Gasteiger partial charge in [0.05, 0.1) is 11.6 Å². The molecule has 0 aliphatic carbocycles. The summed E-state index contributed by atoms with van der Waals surface area (Å²) in [5, 5.41) is 8.39. The van der Waals surface area contributed by atoms with Crippen molar-refractivity contribution in [1.82, 2.24) is 0 Å². The van der Waals surface area contributed by atoms with Crippen LogP contribution in [0.25, 0.3) is 0 Å². The molecule has 1 aliphatic rings. The average Bonchev–Trinajstić information content (AvgIpc) is 2.42. The van der Waals surface area contributed by atoms with Crippen LogP contribution in [0.2, 0.25) is 0 Å². The summed E-state index contributed by atoms with van der Waals surface area (Å²) in [7, 11) is 0. The maximum Gasteiger partial charge on any atom is 0.212 e. The summed E-state index contributed by atoms with van der Waals surface area (Å²) in [6.45, 7) is 8.46. The second-order valence-electron chi connectivity index (χ2n) is 3.78. The van der Waals surface area contributed by atoms with Crippen molar-refractivity contribution >= 4 is 5.90 Å². The third-order valence-electron chi connectivity index (χ3n) is 1.81. The van der Waals surface area contributed by atoms with Gasteiger partial charge < -0.3 is 4.74 Å². The highest BCUT2D eigenvalue weighted by Crippen LogP contribution is 2.21. The molecular formula is C10H14N2O. The molecule has 0 amide bonds. The molecule has 0 atom stereocenters. The monoisotopic (exact) mass is 178 g/mol. The van der Waals surface area contributed by atoms with Gasteiger partial charge in [-0.2, -0.15) is 5.26 Å². The van der Waals surface area contributed by atoms with Crippen LogP contribution in [-0.2, 0) is 4.74 Å². The molecule has 0 saturated heterocycles. The highest BCUT2D eigenvalue weighted by atomic mass is 16.5. The minimum Gasteiger partial charge on any atom is -0.475 e. The lowest BCUT2D eigenvalue weighted by atomic mass is 10.1. The molecule has 1 rings (SSSR count). The molecule has 0 aromatic rings. The minimum absolute atomic E-state index is 0.134. The molecule has 70 valence electrons. The van der Waals surface area contributed by atoms with Gasteiger partial charge in [-0.1, -0.05) is 6.58 Å². The third-order valence-corrected chi connectivity index (χ3v) is 1.81. The van der Waals surface area contributed by atoms with Crippen molar-refractivity contribution in [2.75, 3.05) is 6.61 Å². The summed E-state index contributed by atoms with van der Waals surface area (Å²) in [6, 6.07) is 2.07. The Labute approximate surface area is 78.7 Å². The molecule has 1 aliphatic heterocycles. The fourth-order valence-corrected chi connectivity index (χ4v) is 1.08.